The molecule has 3 aromatic rings. The molecule has 0 aliphatic carbocycles. The average Bonchev–Trinajstić information content (AvgIpc) is 2.75. The lowest BCUT2D eigenvalue weighted by atomic mass is 10.2. The zero-order chi connectivity index (χ0) is 20.5. The van der Waals surface area contributed by atoms with Crippen LogP contribution in [-0.4, -0.2) is 28.7 Å². The van der Waals surface area contributed by atoms with Gasteiger partial charge in [0.1, 0.15) is 11.5 Å². The number of anilines is 1. The molecule has 0 bridgehead atoms. The summed E-state index contributed by atoms with van der Waals surface area (Å²) >= 11 is 5.73. The van der Waals surface area contributed by atoms with Crippen LogP contribution in [0.15, 0.2) is 73.1 Å². The molecule has 0 fully saturated rings. The molecule has 0 radical (unpaired) electrons. The zero-order valence-electron chi connectivity index (χ0n) is 16.7. The molecule has 0 spiro atoms. The number of rotatable bonds is 8. The van der Waals surface area contributed by atoms with Crippen molar-refractivity contribution in [2.24, 2.45) is 0 Å². The Hall–Kier alpha value is -3.12. The van der Waals surface area contributed by atoms with Crippen LogP contribution in [0.25, 0.3) is 0 Å². The third kappa shape index (κ3) is 6.19. The van der Waals surface area contributed by atoms with Gasteiger partial charge in [-0.1, -0.05) is 24.3 Å². The van der Waals surface area contributed by atoms with Gasteiger partial charge in [-0.05, 0) is 60.6 Å². The summed E-state index contributed by atoms with van der Waals surface area (Å²) in [5.41, 5.74) is 3.12. The van der Waals surface area contributed by atoms with Gasteiger partial charge in [-0.25, -0.2) is 0 Å². The number of thiocarbonyl (C=S) groups is 1. The summed E-state index contributed by atoms with van der Waals surface area (Å²) in [7, 11) is 1.65. The van der Waals surface area contributed by atoms with Crippen molar-refractivity contribution in [1.29, 1.82) is 0 Å². The Labute approximate surface area is 177 Å². The fraction of sp³-hybridized carbons (Fsp3) is 0.217. The normalized spacial score (nSPS) is 10.3. The number of pyridine rings is 1. The van der Waals surface area contributed by atoms with E-state index >= 15 is 0 Å². The Kier molecular flexibility index (Phi) is 7.41. The Balaban J connectivity index is 1.76. The van der Waals surface area contributed by atoms with Gasteiger partial charge in [0.05, 0.1) is 13.7 Å². The van der Waals surface area contributed by atoms with Gasteiger partial charge < -0.3 is 19.7 Å². The van der Waals surface area contributed by atoms with Gasteiger partial charge >= 0.3 is 0 Å². The Bertz CT molecular complexity index is 917. The van der Waals surface area contributed by atoms with E-state index in [-0.39, 0.29) is 0 Å². The standard InChI is InChI=1S/C23H25N3O2S/c1-3-28-21-11-9-18(10-12-21)16-26(17-19-6-5-13-24-15-19)23(29)25-20-7-4-8-22(14-20)27-2/h4-15H,3,16-17H2,1-2H3,(H,25,29). The highest BCUT2D eigenvalue weighted by Crippen LogP contribution is 2.19. The molecule has 1 N–H and O–H groups in total. The van der Waals surface area contributed by atoms with E-state index in [0.29, 0.717) is 24.8 Å². The molecule has 2 aromatic carbocycles. The van der Waals surface area contributed by atoms with Gasteiger partial charge in [0.25, 0.3) is 0 Å². The summed E-state index contributed by atoms with van der Waals surface area (Å²) in [5.74, 6) is 1.65. The Morgan fingerprint density at radius 2 is 1.79 bits per heavy atom. The van der Waals surface area contributed by atoms with Crippen LogP contribution in [0.2, 0.25) is 0 Å². The number of methoxy groups -OCH3 is 1. The lowest BCUT2D eigenvalue weighted by Gasteiger charge is -2.26. The molecule has 0 atom stereocenters. The predicted molar refractivity (Wildman–Crippen MR) is 120 cm³/mol. The number of hydrogen-bond donors (Lipinski definition) is 1. The summed E-state index contributed by atoms with van der Waals surface area (Å²) in [6.45, 7) is 3.95. The minimum Gasteiger partial charge on any atom is -0.497 e. The number of aromatic nitrogens is 1. The second kappa shape index (κ2) is 10.4. The fourth-order valence-corrected chi connectivity index (χ4v) is 3.14. The molecule has 0 aliphatic rings. The number of nitrogens with one attached hydrogen (secondary N) is 1. The lowest BCUT2D eigenvalue weighted by Crippen LogP contribution is -2.33. The van der Waals surface area contributed by atoms with Crippen molar-refractivity contribution >= 4 is 23.0 Å². The van der Waals surface area contributed by atoms with Crippen molar-refractivity contribution in [3.63, 3.8) is 0 Å². The monoisotopic (exact) mass is 407 g/mol. The number of nitrogens with zero attached hydrogens (tertiary/aromatic N) is 2. The molecule has 0 saturated carbocycles. The molecule has 29 heavy (non-hydrogen) atoms. The van der Waals surface area contributed by atoms with E-state index in [9.17, 15) is 0 Å². The van der Waals surface area contributed by atoms with E-state index in [2.05, 4.69) is 27.3 Å². The SMILES string of the molecule is CCOc1ccc(CN(Cc2cccnc2)C(=S)Nc2cccc(OC)c2)cc1. The van der Waals surface area contributed by atoms with E-state index in [1.54, 1.807) is 13.3 Å². The summed E-state index contributed by atoms with van der Waals surface area (Å²) in [5, 5.41) is 3.96. The second-order valence-electron chi connectivity index (χ2n) is 6.46. The fourth-order valence-electron chi connectivity index (χ4n) is 2.89. The summed E-state index contributed by atoms with van der Waals surface area (Å²) in [6.07, 6.45) is 3.63. The van der Waals surface area contributed by atoms with Crippen LogP contribution in [-0.2, 0) is 13.1 Å². The van der Waals surface area contributed by atoms with Crippen LogP contribution in [0.5, 0.6) is 11.5 Å². The van der Waals surface area contributed by atoms with E-state index in [4.69, 9.17) is 21.7 Å². The maximum atomic E-state index is 5.73. The first-order valence-corrected chi connectivity index (χ1v) is 9.89. The highest BCUT2D eigenvalue weighted by Gasteiger charge is 2.12. The minimum absolute atomic E-state index is 0.635. The van der Waals surface area contributed by atoms with Crippen molar-refractivity contribution in [3.8, 4) is 11.5 Å². The first kappa shape index (κ1) is 20.6. The molecule has 5 nitrogen and oxygen atoms in total. The number of ether oxygens (including phenoxy) is 2. The predicted octanol–water partition coefficient (Wildman–Crippen LogP) is 4.89. The molecule has 1 heterocycles. The minimum atomic E-state index is 0.635. The lowest BCUT2D eigenvalue weighted by molar-refractivity contribution is 0.340. The van der Waals surface area contributed by atoms with Crippen molar-refractivity contribution in [2.75, 3.05) is 19.0 Å². The third-order valence-electron chi connectivity index (χ3n) is 4.31. The molecule has 150 valence electrons. The van der Waals surface area contributed by atoms with Crippen LogP contribution in [0.4, 0.5) is 5.69 Å². The van der Waals surface area contributed by atoms with Crippen LogP contribution in [0.3, 0.4) is 0 Å². The van der Waals surface area contributed by atoms with Crippen molar-refractivity contribution in [3.05, 3.63) is 84.2 Å². The molecular weight excluding hydrogens is 382 g/mol. The zero-order valence-corrected chi connectivity index (χ0v) is 17.5. The molecule has 0 amide bonds. The van der Waals surface area contributed by atoms with E-state index < -0.39 is 0 Å². The highest BCUT2D eigenvalue weighted by atomic mass is 32.1. The summed E-state index contributed by atoms with van der Waals surface area (Å²) in [4.78, 5) is 6.33. The van der Waals surface area contributed by atoms with Crippen molar-refractivity contribution in [2.45, 2.75) is 20.0 Å². The van der Waals surface area contributed by atoms with Gasteiger partial charge in [-0.15, -0.1) is 0 Å². The van der Waals surface area contributed by atoms with Crippen molar-refractivity contribution in [1.82, 2.24) is 9.88 Å². The second-order valence-corrected chi connectivity index (χ2v) is 6.84. The van der Waals surface area contributed by atoms with E-state index in [1.807, 2.05) is 61.7 Å². The Morgan fingerprint density at radius 3 is 2.48 bits per heavy atom. The quantitative estimate of drug-likeness (QED) is 0.537. The van der Waals surface area contributed by atoms with Crippen molar-refractivity contribution < 1.29 is 9.47 Å². The molecule has 0 unspecified atom stereocenters. The molecule has 0 aliphatic heterocycles. The average molecular weight is 408 g/mol. The van der Waals surface area contributed by atoms with E-state index in [1.165, 1.54) is 0 Å². The first-order valence-electron chi connectivity index (χ1n) is 9.48. The van der Waals surface area contributed by atoms with Crippen LogP contribution < -0.4 is 14.8 Å². The summed E-state index contributed by atoms with van der Waals surface area (Å²) < 4.78 is 10.8. The Morgan fingerprint density at radius 1 is 1.00 bits per heavy atom. The topological polar surface area (TPSA) is 46.6 Å². The maximum Gasteiger partial charge on any atom is 0.174 e. The molecule has 3 rings (SSSR count). The first-order chi connectivity index (χ1) is 14.2. The van der Waals surface area contributed by atoms with E-state index in [0.717, 1.165) is 28.3 Å². The largest absolute Gasteiger partial charge is 0.497 e. The maximum absolute atomic E-state index is 5.73. The smallest absolute Gasteiger partial charge is 0.174 e. The number of hydrogen-bond acceptors (Lipinski definition) is 4. The van der Waals surface area contributed by atoms with Gasteiger partial charge in [0.2, 0.25) is 0 Å². The summed E-state index contributed by atoms with van der Waals surface area (Å²) in [6, 6.07) is 19.8. The van der Waals surface area contributed by atoms with Gasteiger partial charge in [0, 0.05) is 37.2 Å². The van der Waals surface area contributed by atoms with Crippen LogP contribution in [0.1, 0.15) is 18.1 Å². The highest BCUT2D eigenvalue weighted by molar-refractivity contribution is 7.80. The van der Waals surface area contributed by atoms with Gasteiger partial charge in [-0.2, -0.15) is 0 Å². The third-order valence-corrected chi connectivity index (χ3v) is 4.67. The van der Waals surface area contributed by atoms with Gasteiger partial charge in [0.15, 0.2) is 5.11 Å². The molecule has 1 aromatic heterocycles. The van der Waals surface area contributed by atoms with Gasteiger partial charge in [-0.3, -0.25) is 4.98 Å². The molecule has 6 heteroatoms. The van der Waals surface area contributed by atoms with Crippen LogP contribution in [0, 0.1) is 0 Å². The molecule has 0 saturated heterocycles. The number of benzene rings is 2. The van der Waals surface area contributed by atoms with Crippen LogP contribution >= 0.6 is 12.2 Å². The molecular formula is C23H25N3O2S.